The Bertz CT molecular complexity index is 170. The van der Waals surface area contributed by atoms with Crippen molar-refractivity contribution in [2.45, 2.75) is 42.9 Å². The average molecular weight is 187 g/mol. The zero-order valence-electron chi connectivity index (χ0n) is 7.80. The lowest BCUT2D eigenvalue weighted by atomic mass is 10.1. The molecule has 0 aromatic rings. The van der Waals surface area contributed by atoms with E-state index in [0.717, 1.165) is 18.4 Å². The lowest BCUT2D eigenvalue weighted by molar-refractivity contribution is 0.0752. The fraction of sp³-hybridized carbons (Fsp3) is 1.00. The van der Waals surface area contributed by atoms with Crippen molar-refractivity contribution in [2.75, 3.05) is 13.2 Å². The summed E-state index contributed by atoms with van der Waals surface area (Å²) in [5.74, 6) is 0. The van der Waals surface area contributed by atoms with Crippen LogP contribution < -0.4 is 5.32 Å². The van der Waals surface area contributed by atoms with Gasteiger partial charge in [0.2, 0.25) is 0 Å². The van der Waals surface area contributed by atoms with Gasteiger partial charge in [0.05, 0.1) is 11.0 Å². The summed E-state index contributed by atoms with van der Waals surface area (Å²) >= 11 is 2.03. The van der Waals surface area contributed by atoms with Gasteiger partial charge in [-0.3, -0.25) is 5.32 Å². The molecule has 2 fully saturated rings. The van der Waals surface area contributed by atoms with E-state index in [0.29, 0.717) is 6.10 Å². The predicted molar refractivity (Wildman–Crippen MR) is 52.4 cm³/mol. The summed E-state index contributed by atoms with van der Waals surface area (Å²) in [6.07, 6.45) is 2.90. The van der Waals surface area contributed by atoms with Crippen LogP contribution in [0, 0.1) is 0 Å². The van der Waals surface area contributed by atoms with Crippen molar-refractivity contribution < 1.29 is 4.74 Å². The molecular weight excluding hydrogens is 170 g/mol. The van der Waals surface area contributed by atoms with Crippen LogP contribution in [0.15, 0.2) is 0 Å². The monoisotopic (exact) mass is 187 g/mol. The minimum atomic E-state index is 0.190. The van der Waals surface area contributed by atoms with Crippen LogP contribution in [0.1, 0.15) is 26.7 Å². The molecule has 2 aliphatic heterocycles. The molecule has 0 spiro atoms. The summed E-state index contributed by atoms with van der Waals surface area (Å²) in [7, 11) is 0. The molecule has 0 amide bonds. The molecular formula is C9H17NOS. The molecule has 3 heteroatoms. The van der Waals surface area contributed by atoms with E-state index in [9.17, 15) is 0 Å². The first kappa shape index (κ1) is 8.85. The number of hydrogen-bond donors (Lipinski definition) is 1. The summed E-state index contributed by atoms with van der Waals surface area (Å²) < 4.78 is 5.70. The SMILES string of the molecule is CC1CNC(C)(C2CCCO2)S1. The Morgan fingerprint density at radius 2 is 2.42 bits per heavy atom. The second kappa shape index (κ2) is 3.20. The molecule has 12 heavy (non-hydrogen) atoms. The van der Waals surface area contributed by atoms with Gasteiger partial charge in [0.1, 0.15) is 0 Å². The first-order valence-corrected chi connectivity index (χ1v) is 5.63. The van der Waals surface area contributed by atoms with Crippen LogP contribution in [0.2, 0.25) is 0 Å². The fourth-order valence-electron chi connectivity index (χ4n) is 2.05. The Labute approximate surface area is 78.4 Å². The highest BCUT2D eigenvalue weighted by Gasteiger charge is 2.42. The van der Waals surface area contributed by atoms with E-state index >= 15 is 0 Å². The molecule has 0 aromatic heterocycles. The van der Waals surface area contributed by atoms with E-state index in [1.807, 2.05) is 11.8 Å². The number of hydrogen-bond acceptors (Lipinski definition) is 3. The lowest BCUT2D eigenvalue weighted by Crippen LogP contribution is -2.44. The maximum absolute atomic E-state index is 5.70. The highest BCUT2D eigenvalue weighted by atomic mass is 32.2. The summed E-state index contributed by atoms with van der Waals surface area (Å²) in [6, 6.07) is 0. The van der Waals surface area contributed by atoms with Gasteiger partial charge in [-0.15, -0.1) is 11.8 Å². The number of thioether (sulfide) groups is 1. The van der Waals surface area contributed by atoms with Gasteiger partial charge >= 0.3 is 0 Å². The zero-order valence-corrected chi connectivity index (χ0v) is 8.62. The highest BCUT2D eigenvalue weighted by molar-refractivity contribution is 8.01. The van der Waals surface area contributed by atoms with E-state index in [1.54, 1.807) is 0 Å². The zero-order chi connectivity index (χ0) is 8.60. The molecule has 0 bridgehead atoms. The van der Waals surface area contributed by atoms with E-state index in [-0.39, 0.29) is 4.87 Å². The quantitative estimate of drug-likeness (QED) is 0.674. The third-order valence-corrected chi connectivity index (χ3v) is 4.20. The van der Waals surface area contributed by atoms with Crippen molar-refractivity contribution in [3.63, 3.8) is 0 Å². The van der Waals surface area contributed by atoms with Gasteiger partial charge in [0.25, 0.3) is 0 Å². The van der Waals surface area contributed by atoms with E-state index in [1.165, 1.54) is 12.8 Å². The first-order valence-electron chi connectivity index (χ1n) is 4.75. The van der Waals surface area contributed by atoms with Gasteiger partial charge < -0.3 is 4.74 Å². The highest BCUT2D eigenvalue weighted by Crippen LogP contribution is 2.39. The Balaban J connectivity index is 2.00. The Morgan fingerprint density at radius 3 is 2.92 bits per heavy atom. The Hall–Kier alpha value is 0.270. The van der Waals surface area contributed by atoms with Crippen molar-refractivity contribution in [2.24, 2.45) is 0 Å². The second-order valence-corrected chi connectivity index (χ2v) is 5.81. The van der Waals surface area contributed by atoms with E-state index in [2.05, 4.69) is 19.2 Å². The van der Waals surface area contributed by atoms with Gasteiger partial charge in [0, 0.05) is 18.4 Å². The second-order valence-electron chi connectivity index (χ2n) is 3.92. The topological polar surface area (TPSA) is 21.3 Å². The molecule has 2 heterocycles. The molecule has 2 saturated heterocycles. The predicted octanol–water partition coefficient (Wildman–Crippen LogP) is 1.61. The first-order chi connectivity index (χ1) is 5.71. The standard InChI is InChI=1S/C9H17NOS/c1-7-6-10-9(2,12-7)8-4-3-5-11-8/h7-8,10H,3-6H2,1-2H3. The fourth-order valence-corrected chi connectivity index (χ4v) is 3.56. The van der Waals surface area contributed by atoms with Crippen LogP contribution in [-0.2, 0) is 4.74 Å². The summed E-state index contributed by atoms with van der Waals surface area (Å²) in [4.78, 5) is 0.190. The number of rotatable bonds is 1. The summed E-state index contributed by atoms with van der Waals surface area (Å²) in [5.41, 5.74) is 0. The summed E-state index contributed by atoms with van der Waals surface area (Å²) in [5, 5.41) is 4.30. The molecule has 0 aliphatic carbocycles. The van der Waals surface area contributed by atoms with Crippen molar-refractivity contribution in [3.8, 4) is 0 Å². The maximum Gasteiger partial charge on any atom is 0.0885 e. The van der Waals surface area contributed by atoms with Crippen LogP contribution in [0.4, 0.5) is 0 Å². The van der Waals surface area contributed by atoms with Gasteiger partial charge in [-0.2, -0.15) is 0 Å². The number of nitrogens with one attached hydrogen (secondary N) is 1. The molecule has 2 aliphatic rings. The molecule has 0 saturated carbocycles. The molecule has 0 radical (unpaired) electrons. The van der Waals surface area contributed by atoms with Crippen molar-refractivity contribution >= 4 is 11.8 Å². The average Bonchev–Trinajstić information content (AvgIpc) is 2.59. The minimum Gasteiger partial charge on any atom is -0.375 e. The Morgan fingerprint density at radius 1 is 1.58 bits per heavy atom. The van der Waals surface area contributed by atoms with Gasteiger partial charge in [-0.25, -0.2) is 0 Å². The molecule has 2 nitrogen and oxygen atoms in total. The van der Waals surface area contributed by atoms with Crippen LogP contribution in [0.3, 0.4) is 0 Å². The van der Waals surface area contributed by atoms with E-state index in [4.69, 9.17) is 4.74 Å². The van der Waals surface area contributed by atoms with Crippen LogP contribution >= 0.6 is 11.8 Å². The van der Waals surface area contributed by atoms with Crippen LogP contribution in [-0.4, -0.2) is 29.4 Å². The summed E-state index contributed by atoms with van der Waals surface area (Å²) in [6.45, 7) is 6.63. The molecule has 3 unspecified atom stereocenters. The van der Waals surface area contributed by atoms with Crippen LogP contribution in [0.5, 0.6) is 0 Å². The molecule has 70 valence electrons. The molecule has 2 rings (SSSR count). The van der Waals surface area contributed by atoms with E-state index < -0.39 is 0 Å². The lowest BCUT2D eigenvalue weighted by Gasteiger charge is -2.29. The Kier molecular flexibility index (Phi) is 2.36. The third-order valence-electron chi connectivity index (χ3n) is 2.73. The van der Waals surface area contributed by atoms with Crippen LogP contribution in [0.25, 0.3) is 0 Å². The third kappa shape index (κ3) is 1.50. The largest absolute Gasteiger partial charge is 0.375 e. The maximum atomic E-state index is 5.70. The number of ether oxygens (including phenoxy) is 1. The molecule has 0 aromatic carbocycles. The molecule has 1 N–H and O–H groups in total. The minimum absolute atomic E-state index is 0.190. The van der Waals surface area contributed by atoms with Crippen molar-refractivity contribution in [3.05, 3.63) is 0 Å². The normalized spacial score (nSPS) is 48.5. The van der Waals surface area contributed by atoms with Gasteiger partial charge in [0.15, 0.2) is 0 Å². The van der Waals surface area contributed by atoms with Gasteiger partial charge in [-0.05, 0) is 19.8 Å². The van der Waals surface area contributed by atoms with Gasteiger partial charge in [-0.1, -0.05) is 6.92 Å². The van der Waals surface area contributed by atoms with Crippen molar-refractivity contribution in [1.29, 1.82) is 0 Å². The van der Waals surface area contributed by atoms with Crippen molar-refractivity contribution in [1.82, 2.24) is 5.32 Å². The smallest absolute Gasteiger partial charge is 0.0885 e. The molecule has 3 atom stereocenters.